The number of hydrogen-bond acceptors (Lipinski definition) is 4. The van der Waals surface area contributed by atoms with Crippen molar-refractivity contribution in [3.8, 4) is 0 Å². The van der Waals surface area contributed by atoms with Crippen LogP contribution in [0.4, 0.5) is 4.39 Å². The maximum absolute atomic E-state index is 12.7. The first-order valence-corrected chi connectivity index (χ1v) is 7.06. The van der Waals surface area contributed by atoms with Crippen molar-refractivity contribution < 1.29 is 23.9 Å². The van der Waals surface area contributed by atoms with Crippen molar-refractivity contribution >= 4 is 29.5 Å². The van der Waals surface area contributed by atoms with E-state index in [1.165, 1.54) is 23.9 Å². The van der Waals surface area contributed by atoms with Crippen LogP contribution in [0.25, 0.3) is 0 Å². The molecule has 0 spiro atoms. The number of benzene rings is 1. The fourth-order valence-electron chi connectivity index (χ4n) is 1.46. The van der Waals surface area contributed by atoms with E-state index in [0.717, 1.165) is 4.90 Å². The third-order valence-corrected chi connectivity index (χ3v) is 3.46. The second-order valence-corrected chi connectivity index (χ2v) is 5.35. The van der Waals surface area contributed by atoms with Gasteiger partial charge in [0, 0.05) is 17.1 Å². The molecule has 0 saturated carbocycles. The minimum atomic E-state index is -1.31. The number of halogens is 1. The van der Waals surface area contributed by atoms with E-state index in [-0.39, 0.29) is 12.2 Å². The summed E-state index contributed by atoms with van der Waals surface area (Å²) in [4.78, 5) is 33.9. The van der Waals surface area contributed by atoms with Crippen LogP contribution in [-0.2, 0) is 14.4 Å². The van der Waals surface area contributed by atoms with Gasteiger partial charge in [0.05, 0.1) is 6.42 Å². The average molecular weight is 314 g/mol. The quantitative estimate of drug-likeness (QED) is 0.614. The van der Waals surface area contributed by atoms with Gasteiger partial charge in [-0.3, -0.25) is 9.59 Å². The van der Waals surface area contributed by atoms with Crippen molar-refractivity contribution in [1.82, 2.24) is 5.32 Å². The Hall–Kier alpha value is -2.09. The van der Waals surface area contributed by atoms with Gasteiger partial charge < -0.3 is 16.2 Å². The molecule has 0 heterocycles. The highest BCUT2D eigenvalue weighted by Crippen LogP contribution is 2.18. The van der Waals surface area contributed by atoms with Crippen LogP contribution in [0.3, 0.4) is 0 Å². The minimum absolute atomic E-state index is 0.0740. The number of carboxylic acids is 1. The van der Waals surface area contributed by atoms with E-state index in [4.69, 9.17) is 10.8 Å². The van der Waals surface area contributed by atoms with Gasteiger partial charge in [-0.2, -0.15) is 0 Å². The molecule has 1 rings (SSSR count). The molecule has 0 aromatic heterocycles. The van der Waals surface area contributed by atoms with Gasteiger partial charge in [-0.25, -0.2) is 9.18 Å². The van der Waals surface area contributed by atoms with Crippen LogP contribution in [0.5, 0.6) is 0 Å². The second kappa shape index (κ2) is 8.25. The van der Waals surface area contributed by atoms with Crippen LogP contribution >= 0.6 is 11.8 Å². The summed E-state index contributed by atoms with van der Waals surface area (Å²) in [5.41, 5.74) is 4.91. The lowest BCUT2D eigenvalue weighted by molar-refractivity contribution is -0.143. The minimum Gasteiger partial charge on any atom is -0.480 e. The normalized spacial score (nSPS) is 11.7. The summed E-state index contributed by atoms with van der Waals surface area (Å²) in [5.74, 6) is -2.54. The van der Waals surface area contributed by atoms with Crippen molar-refractivity contribution in [1.29, 1.82) is 0 Å². The number of carboxylic acid groups (broad SMARTS) is 1. The second-order valence-electron chi connectivity index (χ2n) is 4.18. The Balaban J connectivity index is 2.37. The largest absolute Gasteiger partial charge is 0.480 e. The smallest absolute Gasteiger partial charge is 0.326 e. The number of rotatable bonds is 8. The first-order chi connectivity index (χ1) is 9.88. The third-order valence-electron chi connectivity index (χ3n) is 2.45. The van der Waals surface area contributed by atoms with E-state index in [2.05, 4.69) is 5.32 Å². The Kier molecular flexibility index (Phi) is 6.67. The molecule has 6 nitrogen and oxygen atoms in total. The van der Waals surface area contributed by atoms with E-state index in [9.17, 15) is 18.8 Å². The lowest BCUT2D eigenvalue weighted by Crippen LogP contribution is -2.43. The van der Waals surface area contributed by atoms with Gasteiger partial charge in [0.25, 0.3) is 0 Å². The monoisotopic (exact) mass is 314 g/mol. The fraction of sp³-hybridized carbons (Fsp3) is 0.308. The third kappa shape index (κ3) is 6.75. The molecule has 0 aliphatic carbocycles. The number of primary amides is 1. The predicted molar refractivity (Wildman–Crippen MR) is 75.1 cm³/mol. The number of carbonyl (C=O) groups is 3. The summed E-state index contributed by atoms with van der Waals surface area (Å²) in [6.07, 6.45) is -0.378. The number of carbonyl (C=O) groups excluding carboxylic acids is 2. The van der Waals surface area contributed by atoms with Crippen LogP contribution < -0.4 is 11.1 Å². The molecule has 1 aromatic carbocycles. The summed E-state index contributed by atoms with van der Waals surface area (Å²) in [7, 11) is 0. The number of amides is 2. The molecule has 21 heavy (non-hydrogen) atoms. The van der Waals surface area contributed by atoms with Gasteiger partial charge in [0.1, 0.15) is 11.9 Å². The molecule has 8 heteroatoms. The number of nitrogens with one attached hydrogen (secondary N) is 1. The maximum atomic E-state index is 12.7. The summed E-state index contributed by atoms with van der Waals surface area (Å²) in [6, 6.07) is 4.49. The molecule has 0 bridgehead atoms. The number of nitrogens with two attached hydrogens (primary N) is 1. The zero-order valence-electron chi connectivity index (χ0n) is 11.0. The van der Waals surface area contributed by atoms with E-state index in [1.807, 2.05) is 0 Å². The molecule has 0 unspecified atom stereocenters. The SMILES string of the molecule is NC(=O)C[C@H](NC(=O)CCSc1ccc(F)cc1)C(=O)O. The zero-order chi connectivity index (χ0) is 15.8. The first kappa shape index (κ1) is 17.0. The molecule has 0 saturated heterocycles. The summed E-state index contributed by atoms with van der Waals surface area (Å²) >= 11 is 1.34. The number of aliphatic carboxylic acids is 1. The van der Waals surface area contributed by atoms with Gasteiger partial charge in [-0.15, -0.1) is 11.8 Å². The van der Waals surface area contributed by atoms with Crippen molar-refractivity contribution in [2.45, 2.75) is 23.8 Å². The van der Waals surface area contributed by atoms with Crippen molar-refractivity contribution in [3.05, 3.63) is 30.1 Å². The lowest BCUT2D eigenvalue weighted by atomic mass is 10.2. The van der Waals surface area contributed by atoms with E-state index >= 15 is 0 Å². The molecule has 4 N–H and O–H groups in total. The maximum Gasteiger partial charge on any atom is 0.326 e. The lowest BCUT2D eigenvalue weighted by Gasteiger charge is -2.12. The Morgan fingerprint density at radius 2 is 1.90 bits per heavy atom. The highest BCUT2D eigenvalue weighted by Gasteiger charge is 2.21. The average Bonchev–Trinajstić information content (AvgIpc) is 2.39. The van der Waals surface area contributed by atoms with Gasteiger partial charge in [-0.05, 0) is 24.3 Å². The van der Waals surface area contributed by atoms with Crippen LogP contribution in [-0.4, -0.2) is 34.7 Å². The number of thioether (sulfide) groups is 1. The molecule has 0 aliphatic rings. The molecule has 114 valence electrons. The molecule has 0 fully saturated rings. The number of hydrogen-bond donors (Lipinski definition) is 3. The standard InChI is InChI=1S/C13H15FN2O4S/c14-8-1-3-9(4-2-8)21-6-5-12(18)16-10(13(19)20)7-11(15)17/h1-4,10H,5-7H2,(H2,15,17)(H,16,18)(H,19,20)/t10-/m0/s1. The summed E-state index contributed by atoms with van der Waals surface area (Å²) in [6.45, 7) is 0. The van der Waals surface area contributed by atoms with Crippen molar-refractivity contribution in [3.63, 3.8) is 0 Å². The van der Waals surface area contributed by atoms with E-state index in [0.29, 0.717) is 5.75 Å². The molecule has 1 atom stereocenters. The molecule has 2 amide bonds. The Morgan fingerprint density at radius 1 is 1.29 bits per heavy atom. The van der Waals surface area contributed by atoms with Crippen LogP contribution in [0, 0.1) is 5.82 Å². The van der Waals surface area contributed by atoms with Crippen LogP contribution in [0.15, 0.2) is 29.2 Å². The highest BCUT2D eigenvalue weighted by atomic mass is 32.2. The van der Waals surface area contributed by atoms with Crippen LogP contribution in [0.1, 0.15) is 12.8 Å². The Bertz CT molecular complexity index is 521. The highest BCUT2D eigenvalue weighted by molar-refractivity contribution is 7.99. The fourth-order valence-corrected chi connectivity index (χ4v) is 2.31. The first-order valence-electron chi connectivity index (χ1n) is 6.07. The molecular formula is C13H15FN2O4S. The molecule has 1 aromatic rings. The topological polar surface area (TPSA) is 109 Å². The van der Waals surface area contributed by atoms with Gasteiger partial charge in [0.2, 0.25) is 11.8 Å². The van der Waals surface area contributed by atoms with Crippen molar-refractivity contribution in [2.75, 3.05) is 5.75 Å². The molecule has 0 aliphatic heterocycles. The Labute approximate surface area is 124 Å². The molecular weight excluding hydrogens is 299 g/mol. The molecule has 0 radical (unpaired) electrons. The van der Waals surface area contributed by atoms with Gasteiger partial charge >= 0.3 is 5.97 Å². The van der Waals surface area contributed by atoms with Gasteiger partial charge in [-0.1, -0.05) is 0 Å². The summed E-state index contributed by atoms with van der Waals surface area (Å²) in [5, 5.41) is 11.1. The summed E-state index contributed by atoms with van der Waals surface area (Å²) < 4.78 is 12.7. The van der Waals surface area contributed by atoms with Gasteiger partial charge in [0.15, 0.2) is 0 Å². The van der Waals surface area contributed by atoms with E-state index in [1.54, 1.807) is 12.1 Å². The zero-order valence-corrected chi connectivity index (χ0v) is 11.9. The predicted octanol–water partition coefficient (Wildman–Crippen LogP) is 0.753. The van der Waals surface area contributed by atoms with Crippen LogP contribution in [0.2, 0.25) is 0 Å². The van der Waals surface area contributed by atoms with Crippen molar-refractivity contribution in [2.24, 2.45) is 5.73 Å². The Morgan fingerprint density at radius 3 is 2.43 bits per heavy atom. The van der Waals surface area contributed by atoms with E-state index < -0.39 is 30.2 Å².